The van der Waals surface area contributed by atoms with Gasteiger partial charge >= 0.3 is 0 Å². The SMILES string of the molecule is Cc1cccc2c(N3CCSCC3)nc(Cl)cc12. The molecule has 0 radical (unpaired) electrons. The van der Waals surface area contributed by atoms with E-state index in [1.165, 1.54) is 27.8 Å². The van der Waals surface area contributed by atoms with Crippen LogP contribution in [-0.2, 0) is 0 Å². The van der Waals surface area contributed by atoms with Gasteiger partial charge in [-0.3, -0.25) is 0 Å². The topological polar surface area (TPSA) is 16.1 Å². The Labute approximate surface area is 116 Å². The number of fused-ring (bicyclic) bond motifs is 1. The van der Waals surface area contributed by atoms with E-state index < -0.39 is 0 Å². The first-order valence-electron chi connectivity index (χ1n) is 6.14. The Bertz CT molecular complexity index is 579. The minimum absolute atomic E-state index is 0.588. The second-order valence-electron chi connectivity index (χ2n) is 4.54. The third-order valence-electron chi connectivity index (χ3n) is 3.35. The fourth-order valence-corrected chi connectivity index (χ4v) is 3.49. The maximum atomic E-state index is 6.17. The fourth-order valence-electron chi connectivity index (χ4n) is 2.40. The normalized spacial score (nSPS) is 16.2. The molecule has 18 heavy (non-hydrogen) atoms. The largest absolute Gasteiger partial charge is 0.354 e. The number of benzene rings is 1. The highest BCUT2D eigenvalue weighted by Crippen LogP contribution is 2.30. The van der Waals surface area contributed by atoms with Gasteiger partial charge in [-0.25, -0.2) is 4.98 Å². The molecule has 1 aliphatic rings. The second-order valence-corrected chi connectivity index (χ2v) is 6.15. The van der Waals surface area contributed by atoms with E-state index in [2.05, 4.69) is 35.0 Å². The standard InChI is InChI=1S/C14H15ClN2S/c1-10-3-2-4-11-12(10)9-13(15)16-14(11)17-5-7-18-8-6-17/h2-4,9H,5-8H2,1H3. The van der Waals surface area contributed by atoms with Crippen molar-refractivity contribution in [2.75, 3.05) is 29.5 Å². The lowest BCUT2D eigenvalue weighted by Gasteiger charge is -2.28. The Morgan fingerprint density at radius 1 is 1.22 bits per heavy atom. The predicted molar refractivity (Wildman–Crippen MR) is 81.0 cm³/mol. The van der Waals surface area contributed by atoms with Gasteiger partial charge in [0.05, 0.1) is 0 Å². The number of aryl methyl sites for hydroxylation is 1. The van der Waals surface area contributed by atoms with E-state index in [0.29, 0.717) is 5.15 Å². The molecular formula is C14H15ClN2S. The Hall–Kier alpha value is -0.930. The third-order valence-corrected chi connectivity index (χ3v) is 4.49. The summed E-state index contributed by atoms with van der Waals surface area (Å²) >= 11 is 8.18. The van der Waals surface area contributed by atoms with E-state index in [0.717, 1.165) is 18.9 Å². The van der Waals surface area contributed by atoms with Gasteiger partial charge in [0.1, 0.15) is 11.0 Å². The zero-order chi connectivity index (χ0) is 12.5. The molecule has 2 aromatic rings. The lowest BCUT2D eigenvalue weighted by molar-refractivity contribution is 0.845. The summed E-state index contributed by atoms with van der Waals surface area (Å²) in [5.74, 6) is 3.38. The monoisotopic (exact) mass is 278 g/mol. The van der Waals surface area contributed by atoms with Gasteiger partial charge in [-0.05, 0) is 23.9 Å². The van der Waals surface area contributed by atoms with Crippen LogP contribution in [0.5, 0.6) is 0 Å². The van der Waals surface area contributed by atoms with Crippen LogP contribution >= 0.6 is 23.4 Å². The van der Waals surface area contributed by atoms with Crippen molar-refractivity contribution in [3.63, 3.8) is 0 Å². The maximum absolute atomic E-state index is 6.17. The van der Waals surface area contributed by atoms with Crippen LogP contribution in [0.25, 0.3) is 10.8 Å². The van der Waals surface area contributed by atoms with E-state index in [4.69, 9.17) is 11.6 Å². The summed E-state index contributed by atoms with van der Waals surface area (Å²) in [5, 5.41) is 3.02. The van der Waals surface area contributed by atoms with Crippen molar-refractivity contribution < 1.29 is 0 Å². The summed E-state index contributed by atoms with van der Waals surface area (Å²) in [7, 11) is 0. The zero-order valence-electron chi connectivity index (χ0n) is 10.3. The second kappa shape index (κ2) is 4.98. The summed E-state index contributed by atoms with van der Waals surface area (Å²) in [6.07, 6.45) is 0. The molecule has 2 heterocycles. The molecule has 4 heteroatoms. The van der Waals surface area contributed by atoms with Crippen LogP contribution in [0.15, 0.2) is 24.3 Å². The van der Waals surface area contributed by atoms with Crippen molar-refractivity contribution in [3.8, 4) is 0 Å². The zero-order valence-corrected chi connectivity index (χ0v) is 11.9. The summed E-state index contributed by atoms with van der Waals surface area (Å²) in [4.78, 5) is 6.90. The van der Waals surface area contributed by atoms with Gasteiger partial charge in [0.15, 0.2) is 0 Å². The number of rotatable bonds is 1. The maximum Gasteiger partial charge on any atom is 0.138 e. The van der Waals surface area contributed by atoms with Crippen LogP contribution in [0.1, 0.15) is 5.56 Å². The smallest absolute Gasteiger partial charge is 0.138 e. The first-order valence-corrected chi connectivity index (χ1v) is 7.67. The lowest BCUT2D eigenvalue weighted by atomic mass is 10.1. The van der Waals surface area contributed by atoms with Crippen molar-refractivity contribution in [1.29, 1.82) is 0 Å². The van der Waals surface area contributed by atoms with Crippen LogP contribution in [-0.4, -0.2) is 29.6 Å². The molecule has 94 valence electrons. The highest BCUT2D eigenvalue weighted by Gasteiger charge is 2.16. The molecule has 2 nitrogen and oxygen atoms in total. The van der Waals surface area contributed by atoms with Gasteiger partial charge in [0.2, 0.25) is 0 Å². The van der Waals surface area contributed by atoms with Gasteiger partial charge < -0.3 is 4.90 Å². The van der Waals surface area contributed by atoms with Gasteiger partial charge in [-0.2, -0.15) is 11.8 Å². The van der Waals surface area contributed by atoms with Crippen LogP contribution in [0.3, 0.4) is 0 Å². The molecular weight excluding hydrogens is 264 g/mol. The van der Waals surface area contributed by atoms with Crippen LogP contribution in [0.4, 0.5) is 5.82 Å². The molecule has 1 aromatic carbocycles. The average Bonchev–Trinajstić information content (AvgIpc) is 2.40. The molecule has 1 saturated heterocycles. The number of pyridine rings is 1. The first kappa shape index (κ1) is 12.1. The number of anilines is 1. The van der Waals surface area contributed by atoms with E-state index in [1.807, 2.05) is 17.8 Å². The molecule has 0 saturated carbocycles. The molecule has 0 aliphatic carbocycles. The number of hydrogen-bond donors (Lipinski definition) is 0. The molecule has 1 fully saturated rings. The van der Waals surface area contributed by atoms with Gasteiger partial charge in [0.25, 0.3) is 0 Å². The minimum Gasteiger partial charge on any atom is -0.354 e. The van der Waals surface area contributed by atoms with Crippen LogP contribution in [0.2, 0.25) is 5.15 Å². The number of thioether (sulfide) groups is 1. The molecule has 1 aliphatic heterocycles. The van der Waals surface area contributed by atoms with E-state index in [-0.39, 0.29) is 0 Å². The Morgan fingerprint density at radius 3 is 2.78 bits per heavy atom. The Balaban J connectivity index is 2.18. The molecule has 0 unspecified atom stereocenters. The summed E-state index contributed by atoms with van der Waals surface area (Å²) in [6, 6.07) is 8.32. The summed E-state index contributed by atoms with van der Waals surface area (Å²) in [5.41, 5.74) is 1.25. The molecule has 3 rings (SSSR count). The summed E-state index contributed by atoms with van der Waals surface area (Å²) in [6.45, 7) is 4.23. The third kappa shape index (κ3) is 2.17. The van der Waals surface area contributed by atoms with Crippen molar-refractivity contribution in [2.24, 2.45) is 0 Å². The lowest BCUT2D eigenvalue weighted by Crippen LogP contribution is -2.33. The molecule has 0 atom stereocenters. The van der Waals surface area contributed by atoms with Crippen LogP contribution < -0.4 is 4.90 Å². The average molecular weight is 279 g/mol. The first-order chi connectivity index (χ1) is 8.75. The predicted octanol–water partition coefficient (Wildman–Crippen LogP) is 3.75. The van der Waals surface area contributed by atoms with Crippen molar-refractivity contribution in [2.45, 2.75) is 6.92 Å². The molecule has 0 bridgehead atoms. The van der Waals surface area contributed by atoms with Gasteiger partial charge in [0, 0.05) is 30.0 Å². The van der Waals surface area contributed by atoms with Crippen molar-refractivity contribution >= 4 is 40.0 Å². The number of nitrogens with zero attached hydrogens (tertiary/aromatic N) is 2. The van der Waals surface area contributed by atoms with Gasteiger partial charge in [-0.15, -0.1) is 0 Å². The Kier molecular flexibility index (Phi) is 3.35. The fraction of sp³-hybridized carbons (Fsp3) is 0.357. The van der Waals surface area contributed by atoms with E-state index >= 15 is 0 Å². The van der Waals surface area contributed by atoms with E-state index in [9.17, 15) is 0 Å². The van der Waals surface area contributed by atoms with Crippen molar-refractivity contribution in [3.05, 3.63) is 35.0 Å². The summed E-state index contributed by atoms with van der Waals surface area (Å²) < 4.78 is 0. The number of hydrogen-bond acceptors (Lipinski definition) is 3. The van der Waals surface area contributed by atoms with Crippen molar-refractivity contribution in [1.82, 2.24) is 4.98 Å². The minimum atomic E-state index is 0.588. The van der Waals surface area contributed by atoms with E-state index in [1.54, 1.807) is 0 Å². The number of aromatic nitrogens is 1. The van der Waals surface area contributed by atoms with Gasteiger partial charge in [-0.1, -0.05) is 29.8 Å². The molecule has 1 aromatic heterocycles. The number of halogens is 1. The Morgan fingerprint density at radius 2 is 2.00 bits per heavy atom. The molecule has 0 N–H and O–H groups in total. The highest BCUT2D eigenvalue weighted by atomic mass is 35.5. The van der Waals surface area contributed by atoms with Crippen LogP contribution in [0, 0.1) is 6.92 Å². The molecule has 0 spiro atoms. The highest BCUT2D eigenvalue weighted by molar-refractivity contribution is 7.99. The quantitative estimate of drug-likeness (QED) is 0.739. The molecule has 0 amide bonds.